The molecule has 0 saturated heterocycles. The minimum absolute atomic E-state index is 0.179. The Morgan fingerprint density at radius 1 is 0.868 bits per heavy atom. The fourth-order valence-corrected chi connectivity index (χ4v) is 4.31. The summed E-state index contributed by atoms with van der Waals surface area (Å²) in [6.07, 6.45) is 0.362. The Morgan fingerprint density at radius 3 is 2.16 bits per heavy atom. The van der Waals surface area contributed by atoms with Crippen molar-refractivity contribution < 1.29 is 14.3 Å². The molecule has 7 heteroatoms. The maximum atomic E-state index is 13.7. The fourth-order valence-electron chi connectivity index (χ4n) is 3.99. The monoisotopic (exact) mass is 554 g/mol. The average molecular weight is 556 g/mol. The third-order valence-corrected chi connectivity index (χ3v) is 6.94. The highest BCUT2D eigenvalue weighted by Crippen LogP contribution is 2.25. The number of carbonyl (C=O) groups is 2. The zero-order valence-corrected chi connectivity index (χ0v) is 23.9. The van der Waals surface area contributed by atoms with Gasteiger partial charge in [-0.05, 0) is 52.8 Å². The molecular formula is C31H36Cl2N2O3. The summed E-state index contributed by atoms with van der Waals surface area (Å²) in [7, 11) is 0. The molecule has 0 aromatic heterocycles. The molecule has 0 radical (unpaired) electrons. The molecule has 5 nitrogen and oxygen atoms in total. The summed E-state index contributed by atoms with van der Waals surface area (Å²) in [6, 6.07) is 21.9. The highest BCUT2D eigenvalue weighted by atomic mass is 35.5. The van der Waals surface area contributed by atoms with Crippen molar-refractivity contribution in [2.24, 2.45) is 5.92 Å². The zero-order valence-electron chi connectivity index (χ0n) is 22.4. The molecule has 0 aliphatic carbocycles. The normalized spacial score (nSPS) is 11.9. The number of ether oxygens (including phenoxy) is 1. The van der Waals surface area contributed by atoms with E-state index in [0.29, 0.717) is 34.7 Å². The number of hydrogen-bond acceptors (Lipinski definition) is 3. The van der Waals surface area contributed by atoms with Gasteiger partial charge in [-0.3, -0.25) is 9.59 Å². The second-order valence-electron chi connectivity index (χ2n) is 10.1. The molecule has 2 amide bonds. The Bertz CT molecular complexity index is 1200. The van der Waals surface area contributed by atoms with Crippen LogP contribution in [-0.2, 0) is 22.6 Å². The van der Waals surface area contributed by atoms with Crippen LogP contribution in [0.4, 0.5) is 0 Å². The van der Waals surface area contributed by atoms with Crippen LogP contribution >= 0.6 is 23.2 Å². The first-order valence-corrected chi connectivity index (χ1v) is 13.7. The number of hydrogen-bond donors (Lipinski definition) is 1. The summed E-state index contributed by atoms with van der Waals surface area (Å²) >= 11 is 12.4. The van der Waals surface area contributed by atoms with Gasteiger partial charge in [-0.1, -0.05) is 99.4 Å². The quantitative estimate of drug-likeness (QED) is 0.264. The number of carbonyl (C=O) groups excluding carboxylic acids is 2. The van der Waals surface area contributed by atoms with Crippen molar-refractivity contribution in [3.63, 3.8) is 0 Å². The van der Waals surface area contributed by atoms with Crippen LogP contribution in [0.2, 0.25) is 10.0 Å². The smallest absolute Gasteiger partial charge is 0.261 e. The van der Waals surface area contributed by atoms with Crippen LogP contribution in [0.1, 0.15) is 50.3 Å². The Hall–Kier alpha value is -3.02. The second-order valence-corrected chi connectivity index (χ2v) is 10.9. The number of halogens is 2. The highest BCUT2D eigenvalue weighted by molar-refractivity contribution is 6.42. The van der Waals surface area contributed by atoms with Crippen molar-refractivity contribution in [2.45, 2.75) is 52.6 Å². The molecule has 0 fully saturated rings. The minimum atomic E-state index is -0.745. The SMILES string of the molecule is CC(C)CNC(=O)[C@@H](Cc1ccccc1)N(Cc1ccc(Cl)c(Cl)c1)C(=O)COc1ccc(C(C)C)cc1. The van der Waals surface area contributed by atoms with E-state index in [1.807, 2.05) is 74.5 Å². The van der Waals surface area contributed by atoms with Crippen molar-refractivity contribution in [1.82, 2.24) is 10.2 Å². The molecule has 0 bridgehead atoms. The molecule has 0 heterocycles. The molecule has 38 heavy (non-hydrogen) atoms. The number of nitrogens with zero attached hydrogens (tertiary/aromatic N) is 1. The van der Waals surface area contributed by atoms with E-state index >= 15 is 0 Å². The van der Waals surface area contributed by atoms with Crippen LogP contribution in [0.5, 0.6) is 5.75 Å². The topological polar surface area (TPSA) is 58.6 Å². The molecular weight excluding hydrogens is 519 g/mol. The number of amides is 2. The first-order chi connectivity index (χ1) is 18.1. The van der Waals surface area contributed by atoms with Crippen LogP contribution in [0.25, 0.3) is 0 Å². The highest BCUT2D eigenvalue weighted by Gasteiger charge is 2.31. The Balaban J connectivity index is 1.89. The van der Waals surface area contributed by atoms with E-state index in [1.165, 1.54) is 5.56 Å². The van der Waals surface area contributed by atoms with Gasteiger partial charge < -0.3 is 15.0 Å². The fraction of sp³-hybridized carbons (Fsp3) is 0.355. The van der Waals surface area contributed by atoms with Gasteiger partial charge in [0.1, 0.15) is 11.8 Å². The summed E-state index contributed by atoms with van der Waals surface area (Å²) in [5.74, 6) is 0.756. The van der Waals surface area contributed by atoms with Crippen LogP contribution in [0.15, 0.2) is 72.8 Å². The first kappa shape index (κ1) is 29.5. The number of nitrogens with one attached hydrogen (secondary N) is 1. The number of benzene rings is 3. The molecule has 3 aromatic carbocycles. The molecule has 0 aliphatic heterocycles. The van der Waals surface area contributed by atoms with E-state index in [9.17, 15) is 9.59 Å². The van der Waals surface area contributed by atoms with Gasteiger partial charge >= 0.3 is 0 Å². The zero-order chi connectivity index (χ0) is 27.7. The summed E-state index contributed by atoms with van der Waals surface area (Å²) in [4.78, 5) is 28.7. The lowest BCUT2D eigenvalue weighted by Gasteiger charge is -2.31. The predicted molar refractivity (Wildman–Crippen MR) is 155 cm³/mol. The van der Waals surface area contributed by atoms with Gasteiger partial charge in [0.2, 0.25) is 5.91 Å². The summed E-state index contributed by atoms with van der Waals surface area (Å²) in [6.45, 7) is 8.79. The number of rotatable bonds is 12. The van der Waals surface area contributed by atoms with Gasteiger partial charge in [0.25, 0.3) is 5.91 Å². The Labute approximate surface area is 236 Å². The van der Waals surface area contributed by atoms with Crippen molar-refractivity contribution in [1.29, 1.82) is 0 Å². The molecule has 0 unspecified atom stereocenters. The molecule has 3 rings (SSSR count). The average Bonchev–Trinajstić information content (AvgIpc) is 2.90. The molecule has 202 valence electrons. The van der Waals surface area contributed by atoms with Crippen molar-refractivity contribution in [3.05, 3.63) is 99.5 Å². The van der Waals surface area contributed by atoms with Crippen molar-refractivity contribution in [3.8, 4) is 5.75 Å². The lowest BCUT2D eigenvalue weighted by atomic mass is 10.0. The molecule has 1 atom stereocenters. The molecule has 1 N–H and O–H groups in total. The third-order valence-electron chi connectivity index (χ3n) is 6.20. The Kier molecular flexibility index (Phi) is 11.1. The Morgan fingerprint density at radius 2 is 1.55 bits per heavy atom. The van der Waals surface area contributed by atoms with E-state index in [4.69, 9.17) is 27.9 Å². The summed E-state index contributed by atoms with van der Waals surface area (Å²) in [5.41, 5.74) is 2.91. The van der Waals surface area contributed by atoms with E-state index in [2.05, 4.69) is 19.2 Å². The lowest BCUT2D eigenvalue weighted by Crippen LogP contribution is -2.52. The van der Waals surface area contributed by atoms with Crippen molar-refractivity contribution in [2.75, 3.05) is 13.2 Å². The second kappa shape index (κ2) is 14.2. The van der Waals surface area contributed by atoms with E-state index in [1.54, 1.807) is 17.0 Å². The third kappa shape index (κ3) is 8.78. The van der Waals surface area contributed by atoms with Gasteiger partial charge in [-0.25, -0.2) is 0 Å². The van der Waals surface area contributed by atoms with Gasteiger partial charge in [-0.15, -0.1) is 0 Å². The standard InChI is InChI=1S/C31H36Cl2N2O3/c1-21(2)18-34-31(37)29(17-23-8-6-5-7-9-23)35(19-24-10-15-27(32)28(33)16-24)30(36)20-38-26-13-11-25(12-14-26)22(3)4/h5-16,21-22,29H,17-20H2,1-4H3,(H,34,37)/t29-/m1/s1. The molecule has 0 aliphatic rings. The van der Waals surface area contributed by atoms with Gasteiger partial charge in [0.05, 0.1) is 10.0 Å². The van der Waals surface area contributed by atoms with Gasteiger partial charge in [0.15, 0.2) is 6.61 Å². The lowest BCUT2D eigenvalue weighted by molar-refractivity contribution is -0.142. The first-order valence-electron chi connectivity index (χ1n) is 12.9. The largest absolute Gasteiger partial charge is 0.484 e. The van der Waals surface area contributed by atoms with E-state index in [0.717, 1.165) is 11.1 Å². The predicted octanol–water partition coefficient (Wildman–Crippen LogP) is 6.91. The van der Waals surface area contributed by atoms with E-state index in [-0.39, 0.29) is 30.9 Å². The van der Waals surface area contributed by atoms with Crippen LogP contribution in [0.3, 0.4) is 0 Å². The van der Waals surface area contributed by atoms with Crippen molar-refractivity contribution >= 4 is 35.0 Å². The van der Waals surface area contributed by atoms with Gasteiger partial charge in [0, 0.05) is 19.5 Å². The maximum absolute atomic E-state index is 13.7. The minimum Gasteiger partial charge on any atom is -0.484 e. The van der Waals surface area contributed by atoms with Crippen LogP contribution in [-0.4, -0.2) is 35.9 Å². The molecule has 0 saturated carbocycles. The summed E-state index contributed by atoms with van der Waals surface area (Å²) in [5, 5.41) is 3.83. The maximum Gasteiger partial charge on any atom is 0.261 e. The van der Waals surface area contributed by atoms with Gasteiger partial charge in [-0.2, -0.15) is 0 Å². The molecule has 0 spiro atoms. The summed E-state index contributed by atoms with van der Waals surface area (Å²) < 4.78 is 5.87. The van der Waals surface area contributed by atoms with Crippen LogP contribution in [0, 0.1) is 5.92 Å². The van der Waals surface area contributed by atoms with E-state index < -0.39 is 6.04 Å². The van der Waals surface area contributed by atoms with Crippen LogP contribution < -0.4 is 10.1 Å². The molecule has 3 aromatic rings.